The van der Waals surface area contributed by atoms with Crippen LogP contribution in [-0.4, -0.2) is 36.9 Å². The fraction of sp³-hybridized carbons (Fsp3) is 0.286. The highest BCUT2D eigenvalue weighted by Gasteiger charge is 2.33. The second-order valence-electron chi connectivity index (χ2n) is 4.83. The second kappa shape index (κ2) is 6.04. The SMILES string of the molecule is N#Cc1ccc(S(=O)(=O)N2CC[C@H](Oc3nccs3)C2)cc1. The average molecular weight is 335 g/mol. The molecule has 1 atom stereocenters. The molecule has 1 aromatic carbocycles. The fourth-order valence-corrected chi connectivity index (χ4v) is 4.31. The number of rotatable bonds is 4. The molecular weight excluding hydrogens is 322 g/mol. The molecule has 1 saturated heterocycles. The quantitative estimate of drug-likeness (QED) is 0.851. The van der Waals surface area contributed by atoms with Gasteiger partial charge in [0.1, 0.15) is 6.10 Å². The first-order valence-corrected chi connectivity index (χ1v) is 8.98. The average Bonchev–Trinajstić information content (AvgIpc) is 3.20. The molecule has 0 saturated carbocycles. The highest BCUT2D eigenvalue weighted by Crippen LogP contribution is 2.25. The van der Waals surface area contributed by atoms with Crippen LogP contribution in [0.4, 0.5) is 0 Å². The van der Waals surface area contributed by atoms with Gasteiger partial charge in [0.05, 0.1) is 23.1 Å². The van der Waals surface area contributed by atoms with E-state index in [1.807, 2.05) is 11.4 Å². The Bertz CT molecular complexity index is 780. The highest BCUT2D eigenvalue weighted by atomic mass is 32.2. The van der Waals surface area contributed by atoms with Crippen molar-refractivity contribution in [1.29, 1.82) is 5.26 Å². The maximum absolute atomic E-state index is 12.6. The molecule has 1 fully saturated rings. The summed E-state index contributed by atoms with van der Waals surface area (Å²) in [6.45, 7) is 0.723. The smallest absolute Gasteiger partial charge is 0.273 e. The Balaban J connectivity index is 1.72. The summed E-state index contributed by atoms with van der Waals surface area (Å²) in [5, 5.41) is 11.1. The van der Waals surface area contributed by atoms with Crippen LogP contribution < -0.4 is 4.74 Å². The summed E-state index contributed by atoms with van der Waals surface area (Å²) < 4.78 is 32.2. The van der Waals surface area contributed by atoms with E-state index >= 15 is 0 Å². The van der Waals surface area contributed by atoms with Crippen LogP contribution in [0.2, 0.25) is 0 Å². The van der Waals surface area contributed by atoms with Crippen LogP contribution in [0, 0.1) is 11.3 Å². The van der Waals surface area contributed by atoms with E-state index in [0.29, 0.717) is 30.3 Å². The van der Waals surface area contributed by atoms with Gasteiger partial charge in [0.15, 0.2) is 0 Å². The molecule has 8 heteroatoms. The Kier molecular flexibility index (Phi) is 4.11. The van der Waals surface area contributed by atoms with Gasteiger partial charge in [-0.25, -0.2) is 13.4 Å². The van der Waals surface area contributed by atoms with E-state index in [-0.39, 0.29) is 11.0 Å². The normalized spacial score (nSPS) is 19.0. The monoisotopic (exact) mass is 335 g/mol. The summed E-state index contributed by atoms with van der Waals surface area (Å²) in [5.41, 5.74) is 0.436. The summed E-state index contributed by atoms with van der Waals surface area (Å²) in [5.74, 6) is 0. The summed E-state index contributed by atoms with van der Waals surface area (Å²) in [6, 6.07) is 7.91. The summed E-state index contributed by atoms with van der Waals surface area (Å²) in [6.07, 6.45) is 2.11. The van der Waals surface area contributed by atoms with Crippen molar-refractivity contribution in [3.63, 3.8) is 0 Å². The maximum atomic E-state index is 12.6. The van der Waals surface area contributed by atoms with Crippen LogP contribution in [-0.2, 0) is 10.0 Å². The molecular formula is C14H13N3O3S2. The van der Waals surface area contributed by atoms with Gasteiger partial charge in [-0.3, -0.25) is 0 Å². The molecule has 114 valence electrons. The van der Waals surface area contributed by atoms with Crippen LogP contribution >= 0.6 is 11.3 Å². The molecule has 6 nitrogen and oxygen atoms in total. The zero-order chi connectivity index (χ0) is 15.6. The molecule has 3 rings (SSSR count). The van der Waals surface area contributed by atoms with E-state index < -0.39 is 10.0 Å². The summed E-state index contributed by atoms with van der Waals surface area (Å²) in [4.78, 5) is 4.24. The number of ether oxygens (including phenoxy) is 1. The van der Waals surface area contributed by atoms with Gasteiger partial charge in [-0.05, 0) is 30.7 Å². The van der Waals surface area contributed by atoms with Gasteiger partial charge in [-0.1, -0.05) is 11.3 Å². The number of benzene rings is 1. The Morgan fingerprint density at radius 1 is 1.36 bits per heavy atom. The van der Waals surface area contributed by atoms with Crippen LogP contribution in [0.1, 0.15) is 12.0 Å². The molecule has 22 heavy (non-hydrogen) atoms. The predicted molar refractivity (Wildman–Crippen MR) is 81.1 cm³/mol. The van der Waals surface area contributed by atoms with Crippen molar-refractivity contribution in [2.24, 2.45) is 0 Å². The molecule has 0 bridgehead atoms. The molecule has 1 aromatic heterocycles. The van der Waals surface area contributed by atoms with Crippen molar-refractivity contribution in [1.82, 2.24) is 9.29 Å². The van der Waals surface area contributed by atoms with E-state index in [1.165, 1.54) is 39.9 Å². The first kappa shape index (κ1) is 15.0. The van der Waals surface area contributed by atoms with E-state index in [1.54, 1.807) is 6.20 Å². The summed E-state index contributed by atoms with van der Waals surface area (Å²) in [7, 11) is -3.55. The fourth-order valence-electron chi connectivity index (χ4n) is 2.27. The molecule has 0 N–H and O–H groups in total. The minimum absolute atomic E-state index is 0.181. The van der Waals surface area contributed by atoms with Crippen LogP contribution in [0.3, 0.4) is 0 Å². The lowest BCUT2D eigenvalue weighted by atomic mass is 10.2. The highest BCUT2D eigenvalue weighted by molar-refractivity contribution is 7.89. The van der Waals surface area contributed by atoms with Crippen LogP contribution in [0.15, 0.2) is 40.7 Å². The Morgan fingerprint density at radius 3 is 2.77 bits per heavy atom. The zero-order valence-electron chi connectivity index (χ0n) is 11.5. The number of hydrogen-bond donors (Lipinski definition) is 0. The predicted octanol–water partition coefficient (Wildman–Crippen LogP) is 1.86. The number of hydrogen-bond acceptors (Lipinski definition) is 6. The number of aromatic nitrogens is 1. The minimum Gasteiger partial charge on any atom is -0.465 e. The van der Waals surface area contributed by atoms with Crippen LogP contribution in [0.25, 0.3) is 0 Å². The number of thiazole rings is 1. The van der Waals surface area contributed by atoms with Crippen molar-refractivity contribution in [2.75, 3.05) is 13.1 Å². The molecule has 2 aromatic rings. The minimum atomic E-state index is -3.55. The molecule has 0 radical (unpaired) electrons. The molecule has 1 aliphatic rings. The standard InChI is InChI=1S/C14H13N3O3S2/c15-9-11-1-3-13(4-2-11)22(18,19)17-7-5-12(10-17)20-14-16-6-8-21-14/h1-4,6,8,12H,5,7,10H2/t12-/m0/s1. The molecule has 2 heterocycles. The third kappa shape index (κ3) is 2.97. The van der Waals surface area contributed by atoms with Crippen LogP contribution in [0.5, 0.6) is 5.19 Å². The second-order valence-corrected chi connectivity index (χ2v) is 7.62. The van der Waals surface area contributed by atoms with Gasteiger partial charge in [0, 0.05) is 18.1 Å². The summed E-state index contributed by atoms with van der Waals surface area (Å²) >= 11 is 1.39. The molecule has 0 aliphatic carbocycles. The lowest BCUT2D eigenvalue weighted by molar-refractivity contribution is 0.214. The Morgan fingerprint density at radius 2 is 2.14 bits per heavy atom. The molecule has 0 unspecified atom stereocenters. The first-order chi connectivity index (χ1) is 10.6. The number of nitrogens with zero attached hydrogens (tertiary/aromatic N) is 3. The van der Waals surface area contributed by atoms with Gasteiger partial charge in [0.25, 0.3) is 5.19 Å². The van der Waals surface area contributed by atoms with Crippen molar-refractivity contribution in [3.8, 4) is 11.3 Å². The third-order valence-corrected chi connectivity index (χ3v) is 5.95. The maximum Gasteiger partial charge on any atom is 0.273 e. The van der Waals surface area contributed by atoms with Crippen molar-refractivity contribution in [3.05, 3.63) is 41.4 Å². The zero-order valence-corrected chi connectivity index (χ0v) is 13.2. The van der Waals surface area contributed by atoms with Crippen molar-refractivity contribution < 1.29 is 13.2 Å². The molecule has 0 amide bonds. The largest absolute Gasteiger partial charge is 0.465 e. The lowest BCUT2D eigenvalue weighted by Crippen LogP contribution is -2.31. The van der Waals surface area contributed by atoms with E-state index in [9.17, 15) is 8.42 Å². The third-order valence-electron chi connectivity index (χ3n) is 3.41. The lowest BCUT2D eigenvalue weighted by Gasteiger charge is -2.16. The van der Waals surface area contributed by atoms with E-state index in [4.69, 9.17) is 10.00 Å². The van der Waals surface area contributed by atoms with Crippen molar-refractivity contribution in [2.45, 2.75) is 17.4 Å². The van der Waals surface area contributed by atoms with Gasteiger partial charge >= 0.3 is 0 Å². The number of nitriles is 1. The molecule has 0 spiro atoms. The topological polar surface area (TPSA) is 83.3 Å². The van der Waals surface area contributed by atoms with E-state index in [0.717, 1.165) is 0 Å². The van der Waals surface area contributed by atoms with Gasteiger partial charge in [-0.15, -0.1) is 0 Å². The van der Waals surface area contributed by atoms with Gasteiger partial charge in [-0.2, -0.15) is 9.57 Å². The van der Waals surface area contributed by atoms with Gasteiger partial charge in [0.2, 0.25) is 10.0 Å². The van der Waals surface area contributed by atoms with Crippen molar-refractivity contribution >= 4 is 21.4 Å². The Hall–Kier alpha value is -1.95. The van der Waals surface area contributed by atoms with Gasteiger partial charge < -0.3 is 4.74 Å². The van der Waals surface area contributed by atoms with E-state index in [2.05, 4.69) is 4.98 Å². The number of sulfonamides is 1. The first-order valence-electron chi connectivity index (χ1n) is 6.66. The molecule has 1 aliphatic heterocycles. The Labute approximate surface area is 132 Å².